The summed E-state index contributed by atoms with van der Waals surface area (Å²) in [4.78, 5) is 2.19. The fraction of sp³-hybridized carbons (Fsp3) is 0.571. The van der Waals surface area contributed by atoms with Crippen LogP contribution in [0.4, 0.5) is 8.78 Å². The highest BCUT2D eigenvalue weighted by atomic mass is 19.2. The molecule has 1 aromatic rings. The normalized spacial score (nSPS) is 21.2. The van der Waals surface area contributed by atoms with Gasteiger partial charge >= 0.3 is 0 Å². The van der Waals surface area contributed by atoms with Crippen LogP contribution >= 0.6 is 0 Å². The van der Waals surface area contributed by atoms with Gasteiger partial charge in [-0.3, -0.25) is 4.90 Å². The lowest BCUT2D eigenvalue weighted by molar-refractivity contribution is 0.116. The Morgan fingerprint density at radius 2 is 2.11 bits per heavy atom. The van der Waals surface area contributed by atoms with Gasteiger partial charge in [-0.15, -0.1) is 0 Å². The molecular formula is C14H20F2N2. The van der Waals surface area contributed by atoms with Crippen molar-refractivity contribution in [2.45, 2.75) is 38.3 Å². The van der Waals surface area contributed by atoms with Crippen LogP contribution < -0.4 is 5.73 Å². The molecular weight excluding hydrogens is 234 g/mol. The van der Waals surface area contributed by atoms with Gasteiger partial charge in [0.25, 0.3) is 0 Å². The van der Waals surface area contributed by atoms with Crippen LogP contribution in [0, 0.1) is 11.6 Å². The van der Waals surface area contributed by atoms with Crippen LogP contribution in [0.3, 0.4) is 0 Å². The Morgan fingerprint density at radius 3 is 2.67 bits per heavy atom. The molecule has 2 N–H and O–H groups in total. The first-order valence-corrected chi connectivity index (χ1v) is 6.38. The summed E-state index contributed by atoms with van der Waals surface area (Å²) < 4.78 is 27.2. The average Bonchev–Trinajstić information content (AvgIpc) is 2.66. The lowest BCUT2D eigenvalue weighted by atomic mass is 9.97. The van der Waals surface area contributed by atoms with Crippen LogP contribution in [0.1, 0.15) is 38.3 Å². The molecule has 0 aromatic heterocycles. The van der Waals surface area contributed by atoms with Gasteiger partial charge in [0.2, 0.25) is 0 Å². The van der Waals surface area contributed by atoms with Crippen LogP contribution in [-0.4, -0.2) is 23.5 Å². The second kappa shape index (κ2) is 4.94. The molecule has 1 saturated heterocycles. The van der Waals surface area contributed by atoms with Crippen molar-refractivity contribution in [3.05, 3.63) is 35.4 Å². The fourth-order valence-corrected chi connectivity index (χ4v) is 2.91. The van der Waals surface area contributed by atoms with Crippen LogP contribution in [-0.2, 0) is 0 Å². The van der Waals surface area contributed by atoms with Gasteiger partial charge in [0.05, 0.1) is 6.04 Å². The largest absolute Gasteiger partial charge is 0.329 e. The van der Waals surface area contributed by atoms with E-state index in [0.717, 1.165) is 25.5 Å². The van der Waals surface area contributed by atoms with E-state index in [-0.39, 0.29) is 11.6 Å². The molecule has 0 bridgehead atoms. The third kappa shape index (κ3) is 2.27. The van der Waals surface area contributed by atoms with Crippen LogP contribution in [0.25, 0.3) is 0 Å². The van der Waals surface area contributed by atoms with Crippen molar-refractivity contribution in [2.75, 3.05) is 13.1 Å². The highest BCUT2D eigenvalue weighted by Gasteiger charge is 2.37. The van der Waals surface area contributed by atoms with Crippen molar-refractivity contribution in [3.63, 3.8) is 0 Å². The summed E-state index contributed by atoms with van der Waals surface area (Å²) in [7, 11) is 0. The number of benzene rings is 1. The lowest BCUT2D eigenvalue weighted by Crippen LogP contribution is -2.44. The third-order valence-corrected chi connectivity index (χ3v) is 3.91. The summed E-state index contributed by atoms with van der Waals surface area (Å²) in [5.41, 5.74) is 6.15. The standard InChI is InChI=1S/C14H20F2N2/c1-14(2)7-4-8-18(14)12(9-17)10-5-3-6-11(15)13(10)16/h3,5-6,12H,4,7-9,17H2,1-2H3. The molecule has 0 saturated carbocycles. The topological polar surface area (TPSA) is 29.3 Å². The fourth-order valence-electron chi connectivity index (χ4n) is 2.91. The van der Waals surface area contributed by atoms with Crippen molar-refractivity contribution in [3.8, 4) is 0 Å². The number of hydrogen-bond donors (Lipinski definition) is 1. The van der Waals surface area contributed by atoms with Crippen LogP contribution in [0.5, 0.6) is 0 Å². The first kappa shape index (κ1) is 13.4. The summed E-state index contributed by atoms with van der Waals surface area (Å²) in [6.45, 7) is 5.42. The quantitative estimate of drug-likeness (QED) is 0.898. The van der Waals surface area contributed by atoms with Crippen molar-refractivity contribution < 1.29 is 8.78 Å². The Hall–Kier alpha value is -1.00. The molecule has 2 rings (SSSR count). The molecule has 1 heterocycles. The van der Waals surface area contributed by atoms with Crippen molar-refractivity contribution in [1.82, 2.24) is 4.90 Å². The number of nitrogens with zero attached hydrogens (tertiary/aromatic N) is 1. The van der Waals surface area contributed by atoms with Gasteiger partial charge in [0.1, 0.15) is 0 Å². The SMILES string of the molecule is CC1(C)CCCN1C(CN)c1cccc(F)c1F. The van der Waals surface area contributed by atoms with Gasteiger partial charge in [-0.25, -0.2) is 8.78 Å². The van der Waals surface area contributed by atoms with Gasteiger partial charge in [-0.1, -0.05) is 12.1 Å². The summed E-state index contributed by atoms with van der Waals surface area (Å²) in [5.74, 6) is -1.57. The Labute approximate surface area is 107 Å². The van der Waals surface area contributed by atoms with E-state index in [1.54, 1.807) is 12.1 Å². The van der Waals surface area contributed by atoms with Crippen molar-refractivity contribution in [2.24, 2.45) is 5.73 Å². The number of likely N-dealkylation sites (tertiary alicyclic amines) is 1. The molecule has 0 amide bonds. The van der Waals surface area contributed by atoms with Crippen molar-refractivity contribution in [1.29, 1.82) is 0 Å². The molecule has 1 atom stereocenters. The summed E-state index contributed by atoms with van der Waals surface area (Å²) in [5, 5.41) is 0. The first-order chi connectivity index (χ1) is 8.47. The minimum absolute atomic E-state index is 0.0111. The second-order valence-corrected chi connectivity index (χ2v) is 5.50. The molecule has 1 aliphatic rings. The number of rotatable bonds is 3. The maximum Gasteiger partial charge on any atom is 0.163 e. The summed E-state index contributed by atoms with van der Waals surface area (Å²) in [6.07, 6.45) is 2.13. The highest BCUT2D eigenvalue weighted by Crippen LogP contribution is 2.36. The number of nitrogens with two attached hydrogens (primary N) is 1. The minimum atomic E-state index is -0.803. The van der Waals surface area contributed by atoms with Gasteiger partial charge in [0, 0.05) is 17.6 Å². The zero-order chi connectivity index (χ0) is 13.3. The second-order valence-electron chi connectivity index (χ2n) is 5.50. The molecule has 4 heteroatoms. The van der Waals surface area contributed by atoms with Gasteiger partial charge in [0.15, 0.2) is 11.6 Å². The average molecular weight is 254 g/mol. The van der Waals surface area contributed by atoms with Gasteiger partial charge in [-0.05, 0) is 39.3 Å². The van der Waals surface area contributed by atoms with Crippen LogP contribution in [0.2, 0.25) is 0 Å². The van der Waals surface area contributed by atoms with E-state index in [1.807, 2.05) is 0 Å². The third-order valence-electron chi connectivity index (χ3n) is 3.91. The van der Waals surface area contributed by atoms with Crippen LogP contribution in [0.15, 0.2) is 18.2 Å². The molecule has 100 valence electrons. The Morgan fingerprint density at radius 1 is 1.39 bits per heavy atom. The molecule has 1 aliphatic heterocycles. The minimum Gasteiger partial charge on any atom is -0.329 e. The van der Waals surface area contributed by atoms with Gasteiger partial charge < -0.3 is 5.73 Å². The summed E-state index contributed by atoms with van der Waals surface area (Å²) in [6, 6.07) is 4.06. The zero-order valence-corrected chi connectivity index (χ0v) is 10.9. The molecule has 1 fully saturated rings. The molecule has 0 spiro atoms. The first-order valence-electron chi connectivity index (χ1n) is 6.38. The molecule has 1 aromatic carbocycles. The Kier molecular flexibility index (Phi) is 3.69. The smallest absolute Gasteiger partial charge is 0.163 e. The van der Waals surface area contributed by atoms with E-state index in [0.29, 0.717) is 12.1 Å². The van der Waals surface area contributed by atoms with E-state index in [9.17, 15) is 8.78 Å². The number of hydrogen-bond acceptors (Lipinski definition) is 2. The predicted molar refractivity (Wildman–Crippen MR) is 68.2 cm³/mol. The summed E-state index contributed by atoms with van der Waals surface area (Å²) >= 11 is 0. The highest BCUT2D eigenvalue weighted by molar-refractivity contribution is 5.24. The van der Waals surface area contributed by atoms with E-state index in [2.05, 4.69) is 18.7 Å². The van der Waals surface area contributed by atoms with Gasteiger partial charge in [-0.2, -0.15) is 0 Å². The molecule has 18 heavy (non-hydrogen) atoms. The lowest BCUT2D eigenvalue weighted by Gasteiger charge is -2.38. The predicted octanol–water partition coefficient (Wildman–Crippen LogP) is 2.84. The zero-order valence-electron chi connectivity index (χ0n) is 10.9. The molecule has 1 unspecified atom stereocenters. The number of halogens is 2. The maximum atomic E-state index is 13.9. The van der Waals surface area contributed by atoms with Crippen molar-refractivity contribution >= 4 is 0 Å². The monoisotopic (exact) mass is 254 g/mol. The van der Waals surface area contributed by atoms with E-state index in [4.69, 9.17) is 5.73 Å². The van der Waals surface area contributed by atoms with E-state index < -0.39 is 11.6 Å². The molecule has 2 nitrogen and oxygen atoms in total. The van der Waals surface area contributed by atoms with E-state index in [1.165, 1.54) is 0 Å². The van der Waals surface area contributed by atoms with E-state index >= 15 is 0 Å². The Bertz CT molecular complexity index is 432. The maximum absolute atomic E-state index is 13.9. The molecule has 0 aliphatic carbocycles. The molecule has 0 radical (unpaired) electrons. The Balaban J connectivity index is 2.37.